The number of nitrogens with zero attached hydrogens (tertiary/aromatic N) is 1. The Morgan fingerprint density at radius 1 is 1.16 bits per heavy atom. The van der Waals surface area contributed by atoms with Crippen molar-refractivity contribution in [3.05, 3.63) is 40.7 Å². The van der Waals surface area contributed by atoms with Crippen molar-refractivity contribution >= 4 is 28.0 Å². The Morgan fingerprint density at radius 3 is 2.80 bits per heavy atom. The van der Waals surface area contributed by atoms with E-state index in [4.69, 9.17) is 14.2 Å². The number of benzene rings is 2. The second kappa shape index (κ2) is 4.75. The van der Waals surface area contributed by atoms with Gasteiger partial charge in [-0.2, -0.15) is 0 Å². The predicted molar refractivity (Wildman–Crippen MR) is 90.8 cm³/mol. The minimum Gasteiger partial charge on any atom is -0.492 e. The molecule has 0 fully saturated rings. The number of ether oxygens (including phenoxy) is 3. The van der Waals surface area contributed by atoms with Crippen molar-refractivity contribution in [2.24, 2.45) is 0 Å². The number of carbonyl (C=O) groups excluding carboxylic acids is 2. The summed E-state index contributed by atoms with van der Waals surface area (Å²) in [6, 6.07) is 3.79. The summed E-state index contributed by atoms with van der Waals surface area (Å²) in [4.78, 5) is 27.7. The van der Waals surface area contributed by atoms with E-state index >= 15 is 0 Å². The number of allylic oxidation sites excluding steroid dienone is 2. The van der Waals surface area contributed by atoms with Gasteiger partial charge in [-0.15, -0.1) is 0 Å². The van der Waals surface area contributed by atoms with E-state index in [0.29, 0.717) is 28.0 Å². The number of rotatable bonds is 1. The van der Waals surface area contributed by atoms with Crippen molar-refractivity contribution in [3.8, 4) is 11.5 Å². The van der Waals surface area contributed by atoms with Crippen LogP contribution in [0.5, 0.6) is 11.5 Å². The fourth-order valence-electron chi connectivity index (χ4n) is 3.93. The Bertz CT molecular complexity index is 1020. The van der Waals surface area contributed by atoms with Crippen molar-refractivity contribution in [2.75, 3.05) is 32.4 Å². The maximum atomic E-state index is 12.8. The van der Waals surface area contributed by atoms with E-state index in [1.54, 1.807) is 6.07 Å². The second-order valence-corrected chi connectivity index (χ2v) is 6.42. The van der Waals surface area contributed by atoms with Gasteiger partial charge in [0.25, 0.3) is 0 Å². The monoisotopic (exact) mass is 337 g/mol. The van der Waals surface area contributed by atoms with E-state index in [-0.39, 0.29) is 24.1 Å². The van der Waals surface area contributed by atoms with Crippen LogP contribution in [0.3, 0.4) is 0 Å². The Labute approximate surface area is 143 Å². The quantitative estimate of drug-likeness (QED) is 0.796. The fourth-order valence-corrected chi connectivity index (χ4v) is 3.93. The van der Waals surface area contributed by atoms with Crippen LogP contribution in [-0.4, -0.2) is 39.1 Å². The maximum Gasteiger partial charge on any atom is 0.231 e. The molecular formula is C19H15NO5. The van der Waals surface area contributed by atoms with Crippen LogP contribution < -0.4 is 14.4 Å². The number of hydrogen-bond acceptors (Lipinski definition) is 6. The van der Waals surface area contributed by atoms with Crippen LogP contribution in [0.25, 0.3) is 10.8 Å². The zero-order chi connectivity index (χ0) is 17.3. The molecule has 2 aromatic carbocycles. The van der Waals surface area contributed by atoms with Gasteiger partial charge in [-0.3, -0.25) is 9.59 Å². The molecule has 6 heteroatoms. The number of carbonyl (C=O) groups is 2. The Kier molecular flexibility index (Phi) is 2.72. The summed E-state index contributed by atoms with van der Waals surface area (Å²) in [5.74, 6) is 0.705. The molecule has 0 radical (unpaired) electrons. The summed E-state index contributed by atoms with van der Waals surface area (Å²) in [6.07, 6.45) is 2.10. The van der Waals surface area contributed by atoms with Gasteiger partial charge in [0.05, 0.1) is 7.11 Å². The third-order valence-electron chi connectivity index (χ3n) is 5.13. The van der Waals surface area contributed by atoms with E-state index in [2.05, 4.69) is 4.90 Å². The van der Waals surface area contributed by atoms with Gasteiger partial charge >= 0.3 is 0 Å². The highest BCUT2D eigenvalue weighted by Gasteiger charge is 2.35. The van der Waals surface area contributed by atoms with Crippen LogP contribution in [0.2, 0.25) is 0 Å². The van der Waals surface area contributed by atoms with E-state index in [0.717, 1.165) is 29.6 Å². The summed E-state index contributed by atoms with van der Waals surface area (Å²) in [6.45, 7) is 0.944. The molecule has 5 rings (SSSR count). The zero-order valence-corrected chi connectivity index (χ0v) is 13.8. The summed E-state index contributed by atoms with van der Waals surface area (Å²) < 4.78 is 16.3. The fraction of sp³-hybridized carbons (Fsp3) is 0.263. The molecule has 3 aliphatic rings. The Morgan fingerprint density at radius 2 is 2.00 bits per heavy atom. The van der Waals surface area contributed by atoms with Gasteiger partial charge in [0.15, 0.2) is 23.0 Å². The molecule has 1 aliphatic carbocycles. The number of hydrogen-bond donors (Lipinski definition) is 0. The first kappa shape index (κ1) is 14.3. The summed E-state index contributed by atoms with van der Waals surface area (Å²) in [5.41, 5.74) is 2.77. The molecular weight excluding hydrogens is 322 g/mol. The van der Waals surface area contributed by atoms with Gasteiger partial charge in [0, 0.05) is 47.3 Å². The lowest BCUT2D eigenvalue weighted by atomic mass is 9.84. The first-order valence-corrected chi connectivity index (χ1v) is 8.08. The average Bonchev–Trinajstić information content (AvgIpc) is 3.08. The first-order valence-electron chi connectivity index (χ1n) is 8.08. The van der Waals surface area contributed by atoms with Crippen molar-refractivity contribution in [1.82, 2.24) is 0 Å². The molecule has 0 amide bonds. The molecule has 0 bridgehead atoms. The van der Waals surface area contributed by atoms with Gasteiger partial charge in [0.2, 0.25) is 12.6 Å². The molecule has 0 saturated carbocycles. The predicted octanol–water partition coefficient (Wildman–Crippen LogP) is 2.47. The average molecular weight is 337 g/mol. The van der Waals surface area contributed by atoms with Gasteiger partial charge in [0.1, 0.15) is 0 Å². The molecule has 25 heavy (non-hydrogen) atoms. The highest BCUT2D eigenvalue weighted by atomic mass is 16.7. The highest BCUT2D eigenvalue weighted by molar-refractivity contribution is 6.30. The highest BCUT2D eigenvalue weighted by Crippen LogP contribution is 2.49. The van der Waals surface area contributed by atoms with Crippen LogP contribution in [-0.2, 0) is 11.2 Å². The van der Waals surface area contributed by atoms with Crippen LogP contribution in [0, 0.1) is 0 Å². The molecule has 2 aromatic rings. The molecule has 0 spiro atoms. The second-order valence-electron chi connectivity index (χ2n) is 6.42. The number of fused-ring (bicyclic) bond motifs is 4. The van der Waals surface area contributed by atoms with Crippen LogP contribution in [0.4, 0.5) is 5.69 Å². The molecule has 0 unspecified atom stereocenters. The third kappa shape index (κ3) is 1.74. The molecule has 2 aliphatic heterocycles. The van der Waals surface area contributed by atoms with E-state index < -0.39 is 0 Å². The van der Waals surface area contributed by atoms with Crippen LogP contribution in [0.15, 0.2) is 24.0 Å². The molecule has 0 N–H and O–H groups in total. The molecule has 0 aromatic heterocycles. The third-order valence-corrected chi connectivity index (χ3v) is 5.13. The summed E-state index contributed by atoms with van der Waals surface area (Å²) in [5, 5.41) is 1.64. The Hall–Kier alpha value is -3.02. The van der Waals surface area contributed by atoms with Gasteiger partial charge in [-0.25, -0.2) is 0 Å². The van der Waals surface area contributed by atoms with E-state index in [9.17, 15) is 9.59 Å². The minimum absolute atomic E-state index is 0.0625. The SMILES string of the molecule is COC1=CC(=O)c2c(cc3c4c(cc5c(c24)OCO5)CCN3C)C1=O. The molecule has 0 saturated heterocycles. The van der Waals surface area contributed by atoms with Gasteiger partial charge in [-0.1, -0.05) is 0 Å². The molecule has 0 atom stereocenters. The Balaban J connectivity index is 1.97. The number of likely N-dealkylation sites (N-methyl/N-ethyl adjacent to an activating group) is 1. The minimum atomic E-state index is -0.285. The van der Waals surface area contributed by atoms with Gasteiger partial charge < -0.3 is 19.1 Å². The first-order chi connectivity index (χ1) is 12.1. The largest absolute Gasteiger partial charge is 0.492 e. The number of methoxy groups -OCH3 is 1. The van der Waals surface area contributed by atoms with Crippen LogP contribution >= 0.6 is 0 Å². The lowest BCUT2D eigenvalue weighted by Crippen LogP contribution is -2.27. The number of anilines is 1. The van der Waals surface area contributed by atoms with Crippen molar-refractivity contribution in [2.45, 2.75) is 6.42 Å². The maximum absolute atomic E-state index is 12.8. The number of ketones is 2. The normalized spacial score (nSPS) is 17.7. The lowest BCUT2D eigenvalue weighted by molar-refractivity contribution is 0.0917. The molecule has 126 valence electrons. The van der Waals surface area contributed by atoms with Crippen molar-refractivity contribution in [3.63, 3.8) is 0 Å². The van der Waals surface area contributed by atoms with E-state index in [1.807, 2.05) is 13.1 Å². The molecule has 2 heterocycles. The topological polar surface area (TPSA) is 65.1 Å². The summed E-state index contributed by atoms with van der Waals surface area (Å²) in [7, 11) is 3.38. The van der Waals surface area contributed by atoms with Crippen molar-refractivity contribution in [1.29, 1.82) is 0 Å². The zero-order valence-electron chi connectivity index (χ0n) is 13.8. The standard InChI is InChI=1S/C19H15NO5/c1-20-4-3-9-5-14-19(25-8-24-14)17-15(9)11(20)6-10-16(17)12(21)7-13(23-2)18(10)22/h5-7H,3-4,8H2,1-2H3. The van der Waals surface area contributed by atoms with Crippen molar-refractivity contribution < 1.29 is 23.8 Å². The lowest BCUT2D eigenvalue weighted by Gasteiger charge is -2.30. The van der Waals surface area contributed by atoms with Crippen LogP contribution in [0.1, 0.15) is 26.3 Å². The van der Waals surface area contributed by atoms with Gasteiger partial charge in [-0.05, 0) is 24.1 Å². The molecule has 6 nitrogen and oxygen atoms in total. The van der Waals surface area contributed by atoms with E-state index in [1.165, 1.54) is 13.2 Å². The number of Topliss-reactive ketones (excluding diaryl/α,β-unsaturated/α-hetero) is 1. The summed E-state index contributed by atoms with van der Waals surface area (Å²) >= 11 is 0. The smallest absolute Gasteiger partial charge is 0.231 e.